The highest BCUT2D eigenvalue weighted by Gasteiger charge is 2.36. The maximum absolute atomic E-state index is 6.37. The summed E-state index contributed by atoms with van der Waals surface area (Å²) >= 11 is 0. The molecule has 0 radical (unpaired) electrons. The molecule has 3 fully saturated rings. The van der Waals surface area contributed by atoms with Gasteiger partial charge in [0.15, 0.2) is 6.29 Å². The average Bonchev–Trinajstić information content (AvgIpc) is 2.90. The molecule has 0 spiro atoms. The third-order valence-electron chi connectivity index (χ3n) is 9.40. The van der Waals surface area contributed by atoms with Gasteiger partial charge in [-0.15, -0.1) is 0 Å². The molecule has 0 bridgehead atoms. The predicted octanol–water partition coefficient (Wildman–Crippen LogP) is 9.07. The molecule has 2 aliphatic carbocycles. The van der Waals surface area contributed by atoms with Crippen molar-refractivity contribution in [3.63, 3.8) is 0 Å². The molecule has 2 saturated carbocycles. The zero-order valence-corrected chi connectivity index (χ0v) is 22.3. The van der Waals surface area contributed by atoms with Gasteiger partial charge in [-0.3, -0.25) is 0 Å². The van der Waals surface area contributed by atoms with Crippen molar-refractivity contribution in [3.05, 3.63) is 35.4 Å². The van der Waals surface area contributed by atoms with E-state index >= 15 is 0 Å². The lowest BCUT2D eigenvalue weighted by Gasteiger charge is -2.41. The van der Waals surface area contributed by atoms with Crippen LogP contribution in [-0.4, -0.2) is 19.5 Å². The van der Waals surface area contributed by atoms with Crippen molar-refractivity contribution in [2.45, 2.75) is 129 Å². The van der Waals surface area contributed by atoms with Gasteiger partial charge in [0.1, 0.15) is 0 Å². The summed E-state index contributed by atoms with van der Waals surface area (Å²) in [6.45, 7) is 6.47. The van der Waals surface area contributed by atoms with Gasteiger partial charge in [0.25, 0.3) is 0 Å². The molecule has 0 aromatic heterocycles. The van der Waals surface area contributed by atoms with Gasteiger partial charge in [0.2, 0.25) is 0 Å². The molecule has 192 valence electrons. The average molecular weight is 469 g/mol. The van der Waals surface area contributed by atoms with Crippen LogP contribution in [0.1, 0.15) is 127 Å². The van der Waals surface area contributed by atoms with Gasteiger partial charge >= 0.3 is 0 Å². The van der Waals surface area contributed by atoms with E-state index in [-0.39, 0.29) is 6.29 Å². The number of unbranched alkanes of at least 4 members (excludes halogenated alkanes) is 4. The minimum Gasteiger partial charge on any atom is -0.352 e. The smallest absolute Gasteiger partial charge is 0.160 e. The lowest BCUT2D eigenvalue weighted by atomic mass is 9.74. The first-order valence-electron chi connectivity index (χ1n) is 15.1. The maximum atomic E-state index is 6.37. The molecule has 1 aliphatic heterocycles. The van der Waals surface area contributed by atoms with E-state index in [2.05, 4.69) is 38.1 Å². The summed E-state index contributed by atoms with van der Waals surface area (Å²) in [6.07, 6.45) is 21.7. The fourth-order valence-electron chi connectivity index (χ4n) is 6.97. The highest BCUT2D eigenvalue weighted by Crippen LogP contribution is 2.41. The Bertz CT molecular complexity index is 659. The standard InChI is InChI=1S/C32H52O2/c1-3-5-7-9-25-11-15-27(16-12-25)28-19-21-30(22-20-28)32-33-23-31(24-34-32)29-17-13-26(14-18-29)10-8-6-4-2/h11-12,15-16,26,28-32H,3-10,13-14,17-24H2,1-2H3. The van der Waals surface area contributed by atoms with E-state index in [1.807, 2.05) is 0 Å². The lowest BCUT2D eigenvalue weighted by Crippen LogP contribution is -2.41. The molecule has 34 heavy (non-hydrogen) atoms. The van der Waals surface area contributed by atoms with Gasteiger partial charge in [-0.05, 0) is 80.2 Å². The lowest BCUT2D eigenvalue weighted by molar-refractivity contribution is -0.236. The van der Waals surface area contributed by atoms with Crippen LogP contribution in [0.4, 0.5) is 0 Å². The molecule has 0 unspecified atom stereocenters. The Morgan fingerprint density at radius 2 is 1.26 bits per heavy atom. The molecule has 1 heterocycles. The second-order valence-corrected chi connectivity index (χ2v) is 11.9. The molecule has 0 N–H and O–H groups in total. The summed E-state index contributed by atoms with van der Waals surface area (Å²) < 4.78 is 12.7. The van der Waals surface area contributed by atoms with Crippen LogP contribution in [0.15, 0.2) is 24.3 Å². The van der Waals surface area contributed by atoms with Crippen LogP contribution in [-0.2, 0) is 15.9 Å². The quantitative estimate of drug-likeness (QED) is 0.301. The van der Waals surface area contributed by atoms with Gasteiger partial charge in [-0.1, -0.05) is 89.5 Å². The van der Waals surface area contributed by atoms with E-state index in [1.54, 1.807) is 5.56 Å². The van der Waals surface area contributed by atoms with Crippen molar-refractivity contribution in [3.8, 4) is 0 Å². The zero-order valence-electron chi connectivity index (χ0n) is 22.3. The van der Waals surface area contributed by atoms with E-state index in [9.17, 15) is 0 Å². The van der Waals surface area contributed by atoms with Crippen LogP contribution in [0.25, 0.3) is 0 Å². The molecule has 1 aromatic carbocycles. The van der Waals surface area contributed by atoms with E-state index in [1.165, 1.54) is 108 Å². The van der Waals surface area contributed by atoms with Crippen LogP contribution in [0.5, 0.6) is 0 Å². The fourth-order valence-corrected chi connectivity index (χ4v) is 6.97. The van der Waals surface area contributed by atoms with E-state index in [0.717, 1.165) is 31.0 Å². The molecule has 1 aromatic rings. The van der Waals surface area contributed by atoms with Crippen LogP contribution in [0, 0.1) is 23.7 Å². The van der Waals surface area contributed by atoms with Crippen molar-refractivity contribution >= 4 is 0 Å². The highest BCUT2D eigenvalue weighted by atomic mass is 16.7. The Hall–Kier alpha value is -0.860. The first kappa shape index (κ1) is 26.2. The number of benzene rings is 1. The largest absolute Gasteiger partial charge is 0.352 e. The Morgan fingerprint density at radius 3 is 1.91 bits per heavy atom. The Kier molecular flexibility index (Phi) is 10.8. The van der Waals surface area contributed by atoms with Crippen LogP contribution < -0.4 is 0 Å². The molecule has 2 heteroatoms. The molecule has 4 rings (SSSR count). The normalized spacial score (nSPS) is 32.5. The maximum Gasteiger partial charge on any atom is 0.160 e. The zero-order chi connectivity index (χ0) is 23.6. The first-order chi connectivity index (χ1) is 16.8. The van der Waals surface area contributed by atoms with Crippen molar-refractivity contribution in [2.75, 3.05) is 13.2 Å². The number of ether oxygens (including phenoxy) is 2. The Morgan fingerprint density at radius 1 is 0.647 bits per heavy atom. The number of aryl methyl sites for hydroxylation is 1. The summed E-state index contributed by atoms with van der Waals surface area (Å²) in [5.41, 5.74) is 3.06. The second-order valence-electron chi connectivity index (χ2n) is 11.9. The molecular formula is C32H52O2. The Labute approximate surface area is 210 Å². The van der Waals surface area contributed by atoms with Crippen molar-refractivity contribution in [1.29, 1.82) is 0 Å². The number of hydrogen-bond acceptors (Lipinski definition) is 2. The minimum atomic E-state index is 0.0588. The summed E-state index contributed by atoms with van der Waals surface area (Å²) in [4.78, 5) is 0. The minimum absolute atomic E-state index is 0.0588. The second kappa shape index (κ2) is 14.0. The summed E-state index contributed by atoms with van der Waals surface area (Å²) in [6, 6.07) is 9.57. The summed E-state index contributed by atoms with van der Waals surface area (Å²) in [7, 11) is 0. The van der Waals surface area contributed by atoms with Crippen LogP contribution in [0.2, 0.25) is 0 Å². The third kappa shape index (κ3) is 7.57. The molecule has 0 amide bonds. The van der Waals surface area contributed by atoms with Gasteiger partial charge in [0, 0.05) is 11.8 Å². The predicted molar refractivity (Wildman–Crippen MR) is 143 cm³/mol. The SMILES string of the molecule is CCCCCc1ccc(C2CCC(C3OCC(C4CCC(CCCCC)CC4)CO3)CC2)cc1. The van der Waals surface area contributed by atoms with E-state index in [0.29, 0.717) is 11.8 Å². The van der Waals surface area contributed by atoms with Crippen molar-refractivity contribution < 1.29 is 9.47 Å². The molecule has 2 nitrogen and oxygen atoms in total. The summed E-state index contributed by atoms with van der Waals surface area (Å²) in [5.74, 6) is 3.79. The van der Waals surface area contributed by atoms with Crippen LogP contribution in [0.3, 0.4) is 0 Å². The fraction of sp³-hybridized carbons (Fsp3) is 0.812. The van der Waals surface area contributed by atoms with Gasteiger partial charge in [0.05, 0.1) is 13.2 Å². The van der Waals surface area contributed by atoms with Gasteiger partial charge in [-0.2, -0.15) is 0 Å². The molecule has 3 aliphatic rings. The third-order valence-corrected chi connectivity index (χ3v) is 9.40. The topological polar surface area (TPSA) is 18.5 Å². The first-order valence-corrected chi connectivity index (χ1v) is 15.1. The van der Waals surface area contributed by atoms with Crippen LogP contribution >= 0.6 is 0 Å². The van der Waals surface area contributed by atoms with Gasteiger partial charge < -0.3 is 9.47 Å². The van der Waals surface area contributed by atoms with E-state index < -0.39 is 0 Å². The monoisotopic (exact) mass is 468 g/mol. The molecule has 0 atom stereocenters. The number of hydrogen-bond donors (Lipinski definition) is 0. The summed E-state index contributed by atoms with van der Waals surface area (Å²) in [5, 5.41) is 0. The van der Waals surface area contributed by atoms with Gasteiger partial charge in [-0.25, -0.2) is 0 Å². The Balaban J connectivity index is 1.13. The number of rotatable bonds is 11. The van der Waals surface area contributed by atoms with Crippen molar-refractivity contribution in [2.24, 2.45) is 23.7 Å². The highest BCUT2D eigenvalue weighted by molar-refractivity contribution is 5.26. The molecular weight excluding hydrogens is 416 g/mol. The molecule has 1 saturated heterocycles. The van der Waals surface area contributed by atoms with E-state index in [4.69, 9.17) is 9.47 Å². The van der Waals surface area contributed by atoms with Crippen molar-refractivity contribution in [1.82, 2.24) is 0 Å².